The van der Waals surface area contributed by atoms with E-state index in [0.29, 0.717) is 6.42 Å². The van der Waals surface area contributed by atoms with Crippen molar-refractivity contribution >= 4 is 16.9 Å². The summed E-state index contributed by atoms with van der Waals surface area (Å²) < 4.78 is 6.24. The lowest BCUT2D eigenvalue weighted by Gasteiger charge is -2.38. The van der Waals surface area contributed by atoms with E-state index in [2.05, 4.69) is 4.98 Å². The molecule has 24 heavy (non-hydrogen) atoms. The summed E-state index contributed by atoms with van der Waals surface area (Å²) in [4.78, 5) is 16.0. The van der Waals surface area contributed by atoms with Crippen LogP contribution in [0.15, 0.2) is 36.5 Å². The standard InChI is InChI=1S/C20H25NO3/c1-3-20(2,19(22)23)14-8-10-15(11-9-14)24-18-12-13-21-17-7-5-4-6-16(17)18/h4-7,12-15H,3,8-11H2,1-2H3,(H,22,23). The van der Waals surface area contributed by atoms with Crippen molar-refractivity contribution in [3.05, 3.63) is 36.5 Å². The van der Waals surface area contributed by atoms with Crippen molar-refractivity contribution in [3.8, 4) is 5.75 Å². The van der Waals surface area contributed by atoms with Crippen LogP contribution in [0.2, 0.25) is 0 Å². The second kappa shape index (κ2) is 6.80. The Balaban J connectivity index is 1.68. The highest BCUT2D eigenvalue weighted by Crippen LogP contribution is 2.42. The van der Waals surface area contributed by atoms with E-state index in [1.165, 1.54) is 0 Å². The van der Waals surface area contributed by atoms with Gasteiger partial charge in [-0.05, 0) is 63.1 Å². The highest BCUT2D eigenvalue weighted by atomic mass is 16.5. The molecule has 0 bridgehead atoms. The van der Waals surface area contributed by atoms with Crippen LogP contribution in [0.4, 0.5) is 0 Å². The van der Waals surface area contributed by atoms with Crippen molar-refractivity contribution in [2.45, 2.75) is 52.1 Å². The van der Waals surface area contributed by atoms with Crippen molar-refractivity contribution in [2.24, 2.45) is 11.3 Å². The molecule has 1 aromatic carbocycles. The minimum Gasteiger partial charge on any atom is -0.490 e. The second-order valence-corrected chi connectivity index (χ2v) is 6.99. The number of pyridine rings is 1. The van der Waals surface area contributed by atoms with Gasteiger partial charge in [-0.1, -0.05) is 19.1 Å². The molecule has 1 aliphatic carbocycles. The Kier molecular flexibility index (Phi) is 4.74. The second-order valence-electron chi connectivity index (χ2n) is 6.99. The fourth-order valence-corrected chi connectivity index (χ4v) is 3.78. The maximum Gasteiger partial charge on any atom is 0.309 e. The highest BCUT2D eigenvalue weighted by Gasteiger charge is 2.41. The average Bonchev–Trinajstić information content (AvgIpc) is 2.62. The summed E-state index contributed by atoms with van der Waals surface area (Å²) in [5.74, 6) is 0.434. The number of hydrogen-bond donors (Lipinski definition) is 1. The van der Waals surface area contributed by atoms with E-state index in [9.17, 15) is 9.90 Å². The molecular formula is C20H25NO3. The first-order valence-electron chi connectivity index (χ1n) is 8.78. The largest absolute Gasteiger partial charge is 0.490 e. The number of carboxylic acids is 1. The quantitative estimate of drug-likeness (QED) is 0.866. The zero-order valence-corrected chi connectivity index (χ0v) is 14.4. The average molecular weight is 327 g/mol. The number of aromatic nitrogens is 1. The van der Waals surface area contributed by atoms with Crippen LogP contribution >= 0.6 is 0 Å². The Morgan fingerprint density at radius 1 is 1.25 bits per heavy atom. The van der Waals surface area contributed by atoms with Crippen molar-refractivity contribution < 1.29 is 14.6 Å². The summed E-state index contributed by atoms with van der Waals surface area (Å²) in [6.07, 6.45) is 6.24. The topological polar surface area (TPSA) is 59.4 Å². The number of rotatable bonds is 5. The van der Waals surface area contributed by atoms with Crippen LogP contribution in [0, 0.1) is 11.3 Å². The van der Waals surface area contributed by atoms with Gasteiger partial charge < -0.3 is 9.84 Å². The van der Waals surface area contributed by atoms with Gasteiger partial charge in [0.1, 0.15) is 5.75 Å². The number of fused-ring (bicyclic) bond motifs is 1. The predicted molar refractivity (Wildman–Crippen MR) is 94.2 cm³/mol. The van der Waals surface area contributed by atoms with Crippen LogP contribution in [-0.2, 0) is 4.79 Å². The molecule has 1 aliphatic rings. The smallest absolute Gasteiger partial charge is 0.309 e. The number of ether oxygens (including phenoxy) is 1. The van der Waals surface area contributed by atoms with Gasteiger partial charge in [-0.2, -0.15) is 0 Å². The first-order chi connectivity index (χ1) is 11.5. The van der Waals surface area contributed by atoms with Gasteiger partial charge in [0.05, 0.1) is 17.0 Å². The van der Waals surface area contributed by atoms with Gasteiger partial charge in [0.2, 0.25) is 0 Å². The Morgan fingerprint density at radius 3 is 2.62 bits per heavy atom. The lowest BCUT2D eigenvalue weighted by molar-refractivity contribution is -0.153. The number of benzene rings is 1. The van der Waals surface area contributed by atoms with Crippen molar-refractivity contribution in [1.82, 2.24) is 4.98 Å². The van der Waals surface area contributed by atoms with E-state index < -0.39 is 11.4 Å². The number of aliphatic carboxylic acids is 1. The van der Waals surface area contributed by atoms with E-state index in [1.807, 2.05) is 44.2 Å². The molecule has 1 fully saturated rings. The molecular weight excluding hydrogens is 302 g/mol. The van der Waals surface area contributed by atoms with Gasteiger partial charge in [0.25, 0.3) is 0 Å². The first kappa shape index (κ1) is 16.7. The van der Waals surface area contributed by atoms with E-state index >= 15 is 0 Å². The molecule has 1 atom stereocenters. The SMILES string of the molecule is CCC(C)(C(=O)O)C1CCC(Oc2ccnc3ccccc23)CC1. The molecule has 0 amide bonds. The molecule has 0 radical (unpaired) electrons. The summed E-state index contributed by atoms with van der Waals surface area (Å²) in [7, 11) is 0. The van der Waals surface area contributed by atoms with Gasteiger partial charge in [0, 0.05) is 11.6 Å². The number of para-hydroxylation sites is 1. The van der Waals surface area contributed by atoms with Crippen LogP contribution in [0.25, 0.3) is 10.9 Å². The molecule has 1 saturated carbocycles. The van der Waals surface area contributed by atoms with Crippen LogP contribution in [-0.4, -0.2) is 22.2 Å². The lowest BCUT2D eigenvalue weighted by atomic mass is 9.68. The van der Waals surface area contributed by atoms with Crippen molar-refractivity contribution in [2.75, 3.05) is 0 Å². The molecule has 1 N–H and O–H groups in total. The Hall–Kier alpha value is -2.10. The van der Waals surface area contributed by atoms with Crippen LogP contribution in [0.3, 0.4) is 0 Å². The molecule has 4 nitrogen and oxygen atoms in total. The van der Waals surface area contributed by atoms with E-state index in [1.54, 1.807) is 6.20 Å². The monoisotopic (exact) mass is 327 g/mol. The summed E-state index contributed by atoms with van der Waals surface area (Å²) in [5.41, 5.74) is 0.321. The Morgan fingerprint density at radius 2 is 1.96 bits per heavy atom. The van der Waals surface area contributed by atoms with Gasteiger partial charge in [-0.3, -0.25) is 9.78 Å². The summed E-state index contributed by atoms with van der Waals surface area (Å²) in [6, 6.07) is 9.90. The molecule has 0 aliphatic heterocycles. The Labute approximate surface area is 142 Å². The summed E-state index contributed by atoms with van der Waals surface area (Å²) in [6.45, 7) is 3.86. The van der Waals surface area contributed by atoms with Crippen LogP contribution in [0.5, 0.6) is 5.75 Å². The molecule has 1 aromatic heterocycles. The molecule has 4 heteroatoms. The highest BCUT2D eigenvalue weighted by molar-refractivity contribution is 5.84. The third kappa shape index (κ3) is 3.10. The van der Waals surface area contributed by atoms with E-state index in [-0.39, 0.29) is 12.0 Å². The first-order valence-corrected chi connectivity index (χ1v) is 8.78. The third-order valence-corrected chi connectivity index (χ3v) is 5.70. The maximum atomic E-state index is 11.6. The van der Waals surface area contributed by atoms with E-state index in [0.717, 1.165) is 42.3 Å². The fraction of sp³-hybridized carbons (Fsp3) is 0.500. The minimum atomic E-state index is -0.672. The molecule has 1 heterocycles. The van der Waals surface area contributed by atoms with Gasteiger partial charge in [0.15, 0.2) is 0 Å². The Bertz CT molecular complexity index is 716. The lowest BCUT2D eigenvalue weighted by Crippen LogP contribution is -2.39. The normalized spacial score (nSPS) is 23.6. The maximum absolute atomic E-state index is 11.6. The van der Waals surface area contributed by atoms with Gasteiger partial charge in [-0.25, -0.2) is 0 Å². The van der Waals surface area contributed by atoms with E-state index in [4.69, 9.17) is 4.74 Å². The van der Waals surface area contributed by atoms with Gasteiger partial charge in [-0.15, -0.1) is 0 Å². The van der Waals surface area contributed by atoms with Crippen molar-refractivity contribution in [1.29, 1.82) is 0 Å². The number of carboxylic acid groups (broad SMARTS) is 1. The van der Waals surface area contributed by atoms with Crippen LogP contribution < -0.4 is 4.74 Å². The third-order valence-electron chi connectivity index (χ3n) is 5.70. The number of carbonyl (C=O) groups is 1. The number of nitrogens with zero attached hydrogens (tertiary/aromatic N) is 1. The molecule has 2 aromatic rings. The molecule has 0 spiro atoms. The minimum absolute atomic E-state index is 0.155. The zero-order valence-electron chi connectivity index (χ0n) is 14.4. The fourth-order valence-electron chi connectivity index (χ4n) is 3.78. The molecule has 3 rings (SSSR count). The summed E-state index contributed by atoms with van der Waals surface area (Å²) >= 11 is 0. The van der Waals surface area contributed by atoms with Crippen LogP contribution in [0.1, 0.15) is 46.0 Å². The number of hydrogen-bond acceptors (Lipinski definition) is 3. The molecule has 0 saturated heterocycles. The molecule has 1 unspecified atom stereocenters. The summed E-state index contributed by atoms with van der Waals surface area (Å²) in [5, 5.41) is 10.6. The zero-order chi connectivity index (χ0) is 17.2. The predicted octanol–water partition coefficient (Wildman–Crippen LogP) is 4.67. The van der Waals surface area contributed by atoms with Gasteiger partial charge >= 0.3 is 5.97 Å². The molecule has 128 valence electrons. The van der Waals surface area contributed by atoms with Crippen molar-refractivity contribution in [3.63, 3.8) is 0 Å².